The van der Waals surface area contributed by atoms with E-state index >= 15 is 0 Å². The Labute approximate surface area is 234 Å². The number of hydrogen-bond donors (Lipinski definition) is 1. The van der Waals surface area contributed by atoms with Crippen LogP contribution in [0.2, 0.25) is 0 Å². The van der Waals surface area contributed by atoms with Gasteiger partial charge < -0.3 is 14.4 Å². The Hall–Kier alpha value is -3.07. The molecule has 4 rings (SSSR count). The van der Waals surface area contributed by atoms with Gasteiger partial charge in [-0.3, -0.25) is 4.90 Å². The summed E-state index contributed by atoms with van der Waals surface area (Å²) < 4.78 is 152. The van der Waals surface area contributed by atoms with Crippen LogP contribution >= 0.6 is 0 Å². The standard InChI is InChI=1S/C26H28F7N5O2/c1-15(17-10-18(25(28,29)30)12-19(11-17)26(31,32)33)40-24-23(16-4-6-20(27)7-5-16)38(8-9-39-24)14-22-21(13-37(2)3)34-36-35-22/h4-7,10-12,15,23-24H,8-9,13-14H2,1-3H3,(H,34,35,36)/t15-,23+,24-/m1/s1/i2D3,3D3. The normalized spacial score (nSPS) is 22.6. The number of aromatic nitrogens is 3. The molecule has 0 bridgehead atoms. The summed E-state index contributed by atoms with van der Waals surface area (Å²) in [5.41, 5.74) is -2.92. The SMILES string of the molecule is [2H]C([2H])([2H])N(Cc1n[nH]nc1CN1CCO[C@H](O[C@H](C)c2cc(C(F)(F)F)cc(C(F)(F)F)c2)[C@@H]1c1ccc(F)cc1)C([2H])([2H])[2H]. The lowest BCUT2D eigenvalue weighted by Gasteiger charge is -2.42. The summed E-state index contributed by atoms with van der Waals surface area (Å²) in [6.45, 7) is -5.39. The molecule has 1 saturated heterocycles. The molecule has 2 aromatic carbocycles. The number of benzene rings is 2. The van der Waals surface area contributed by atoms with Gasteiger partial charge in [-0.2, -0.15) is 41.8 Å². The van der Waals surface area contributed by atoms with Crippen molar-refractivity contribution in [3.05, 3.63) is 81.9 Å². The van der Waals surface area contributed by atoms with E-state index in [0.29, 0.717) is 17.7 Å². The first-order valence-corrected chi connectivity index (χ1v) is 11.9. The lowest BCUT2D eigenvalue weighted by atomic mass is 10.0. The van der Waals surface area contributed by atoms with Crippen molar-refractivity contribution >= 4 is 0 Å². The second-order valence-corrected chi connectivity index (χ2v) is 9.13. The van der Waals surface area contributed by atoms with Gasteiger partial charge >= 0.3 is 12.4 Å². The number of morpholine rings is 1. The van der Waals surface area contributed by atoms with E-state index in [0.717, 1.165) is 12.1 Å². The van der Waals surface area contributed by atoms with Crippen molar-refractivity contribution < 1.29 is 48.4 Å². The van der Waals surface area contributed by atoms with Gasteiger partial charge in [-0.25, -0.2) is 4.39 Å². The average Bonchev–Trinajstić information content (AvgIpc) is 3.36. The Morgan fingerprint density at radius 1 is 1.05 bits per heavy atom. The minimum absolute atomic E-state index is 0.00541. The van der Waals surface area contributed by atoms with E-state index in [4.69, 9.17) is 17.7 Å². The zero-order valence-corrected chi connectivity index (χ0v) is 20.9. The van der Waals surface area contributed by atoms with E-state index in [1.54, 1.807) is 4.90 Å². The van der Waals surface area contributed by atoms with Gasteiger partial charge in [-0.05, 0) is 62.3 Å². The lowest BCUT2D eigenvalue weighted by molar-refractivity contribution is -0.231. The second kappa shape index (κ2) is 11.8. The Bertz CT molecular complexity index is 1440. The average molecular weight is 582 g/mol. The number of halogens is 7. The van der Waals surface area contributed by atoms with Gasteiger partial charge in [0, 0.05) is 27.9 Å². The van der Waals surface area contributed by atoms with Gasteiger partial charge in [0.2, 0.25) is 0 Å². The molecular formula is C26H28F7N5O2. The summed E-state index contributed by atoms with van der Waals surface area (Å²) in [5.74, 6) is -0.588. The summed E-state index contributed by atoms with van der Waals surface area (Å²) in [5, 5.41) is 10.3. The maximum absolute atomic E-state index is 13.8. The second-order valence-electron chi connectivity index (χ2n) is 9.13. The minimum Gasteiger partial charge on any atom is -0.349 e. The molecule has 0 aliphatic carbocycles. The van der Waals surface area contributed by atoms with Crippen molar-refractivity contribution in [2.75, 3.05) is 27.1 Å². The fraction of sp³-hybridized carbons (Fsp3) is 0.462. The van der Waals surface area contributed by atoms with Crippen LogP contribution in [0.15, 0.2) is 42.5 Å². The Kier molecular flexibility index (Phi) is 6.67. The van der Waals surface area contributed by atoms with Crippen LogP contribution in [0.25, 0.3) is 0 Å². The first-order valence-electron chi connectivity index (χ1n) is 14.9. The first-order chi connectivity index (χ1) is 21.1. The van der Waals surface area contributed by atoms with Crippen LogP contribution in [-0.4, -0.2) is 58.6 Å². The molecule has 0 spiro atoms. The van der Waals surface area contributed by atoms with Crippen LogP contribution in [-0.2, 0) is 34.9 Å². The predicted molar refractivity (Wildman–Crippen MR) is 129 cm³/mol. The number of aromatic amines is 1. The molecule has 7 nitrogen and oxygen atoms in total. The van der Waals surface area contributed by atoms with Crippen LogP contribution in [0.1, 0.15) is 60.9 Å². The summed E-state index contributed by atoms with van der Waals surface area (Å²) in [6.07, 6.45) is -12.8. The highest BCUT2D eigenvalue weighted by molar-refractivity contribution is 5.35. The number of H-pyrrole nitrogens is 1. The number of hydrogen-bond acceptors (Lipinski definition) is 6. The maximum Gasteiger partial charge on any atom is 0.416 e. The third-order valence-electron chi connectivity index (χ3n) is 6.30. The van der Waals surface area contributed by atoms with Gasteiger partial charge in [-0.15, -0.1) is 0 Å². The molecule has 1 aliphatic heterocycles. The summed E-state index contributed by atoms with van der Waals surface area (Å²) in [4.78, 5) is 1.98. The molecule has 0 amide bonds. The predicted octanol–water partition coefficient (Wildman–Crippen LogP) is 5.72. The topological polar surface area (TPSA) is 66.5 Å². The van der Waals surface area contributed by atoms with Gasteiger partial charge in [0.05, 0.1) is 29.9 Å². The molecular weight excluding hydrogens is 547 g/mol. The quantitative estimate of drug-likeness (QED) is 0.344. The smallest absolute Gasteiger partial charge is 0.349 e. The van der Waals surface area contributed by atoms with Gasteiger partial charge in [0.15, 0.2) is 6.29 Å². The molecule has 3 atom stereocenters. The molecule has 14 heteroatoms. The van der Waals surface area contributed by atoms with E-state index in [-0.39, 0.29) is 42.1 Å². The van der Waals surface area contributed by atoms with Crippen LogP contribution in [0.3, 0.4) is 0 Å². The molecule has 3 aromatic rings. The molecule has 0 unspecified atom stereocenters. The Morgan fingerprint density at radius 2 is 1.68 bits per heavy atom. The minimum atomic E-state index is -5.07. The van der Waals surface area contributed by atoms with Crippen molar-refractivity contribution in [2.24, 2.45) is 0 Å². The van der Waals surface area contributed by atoms with E-state index in [2.05, 4.69) is 15.4 Å². The fourth-order valence-electron chi connectivity index (χ4n) is 4.37. The van der Waals surface area contributed by atoms with E-state index in [1.165, 1.54) is 19.1 Å². The van der Waals surface area contributed by atoms with Gasteiger partial charge in [0.1, 0.15) is 17.2 Å². The van der Waals surface area contributed by atoms with E-state index < -0.39 is 73.8 Å². The number of alkyl halides is 6. The third-order valence-corrected chi connectivity index (χ3v) is 6.30. The number of nitrogens with one attached hydrogen (secondary N) is 1. The third kappa shape index (κ3) is 7.16. The molecule has 1 fully saturated rings. The van der Waals surface area contributed by atoms with Gasteiger partial charge in [0.25, 0.3) is 0 Å². The van der Waals surface area contributed by atoms with Crippen molar-refractivity contribution in [3.8, 4) is 0 Å². The molecule has 1 N–H and O–H groups in total. The number of nitrogens with zero attached hydrogens (tertiary/aromatic N) is 4. The summed E-state index contributed by atoms with van der Waals surface area (Å²) >= 11 is 0. The van der Waals surface area contributed by atoms with Gasteiger partial charge in [-0.1, -0.05) is 12.1 Å². The number of rotatable bonds is 8. The maximum atomic E-state index is 13.8. The van der Waals surface area contributed by atoms with Crippen LogP contribution in [0.4, 0.5) is 30.7 Å². The van der Waals surface area contributed by atoms with E-state index in [9.17, 15) is 30.7 Å². The highest BCUT2D eigenvalue weighted by Gasteiger charge is 2.39. The van der Waals surface area contributed by atoms with Crippen LogP contribution in [0.5, 0.6) is 0 Å². The molecule has 0 saturated carbocycles. The summed E-state index contributed by atoms with van der Waals surface area (Å²) in [6, 6.07) is 5.23. The van der Waals surface area contributed by atoms with Crippen molar-refractivity contribution in [1.82, 2.24) is 25.2 Å². The van der Waals surface area contributed by atoms with Crippen molar-refractivity contribution in [2.45, 2.75) is 50.8 Å². The fourth-order valence-corrected chi connectivity index (χ4v) is 4.37. The highest BCUT2D eigenvalue weighted by Crippen LogP contribution is 2.40. The molecule has 1 aromatic heterocycles. The Balaban J connectivity index is 1.67. The van der Waals surface area contributed by atoms with Crippen LogP contribution in [0, 0.1) is 5.82 Å². The zero-order valence-electron chi connectivity index (χ0n) is 26.9. The molecule has 1 aliphatic rings. The Morgan fingerprint density at radius 3 is 2.27 bits per heavy atom. The molecule has 40 heavy (non-hydrogen) atoms. The largest absolute Gasteiger partial charge is 0.416 e. The van der Waals surface area contributed by atoms with Crippen molar-refractivity contribution in [3.63, 3.8) is 0 Å². The van der Waals surface area contributed by atoms with E-state index in [1.807, 2.05) is 0 Å². The molecule has 218 valence electrons. The molecule has 2 heterocycles. The lowest BCUT2D eigenvalue weighted by Crippen LogP contribution is -2.46. The highest BCUT2D eigenvalue weighted by atomic mass is 19.4. The van der Waals surface area contributed by atoms with Crippen LogP contribution < -0.4 is 0 Å². The zero-order chi connectivity index (χ0) is 34.2. The monoisotopic (exact) mass is 581 g/mol. The summed E-state index contributed by atoms with van der Waals surface area (Å²) in [7, 11) is 0. The molecule has 0 radical (unpaired) electrons. The van der Waals surface area contributed by atoms with Crippen molar-refractivity contribution in [1.29, 1.82) is 0 Å². The first kappa shape index (κ1) is 22.6. The number of ether oxygens (including phenoxy) is 2.